The van der Waals surface area contributed by atoms with E-state index >= 15 is 0 Å². The summed E-state index contributed by atoms with van der Waals surface area (Å²) < 4.78 is 7.06. The number of nitrogen functional groups attached to an aromatic ring is 1. The lowest BCUT2D eigenvalue weighted by atomic mass is 10.0. The zero-order valence-electron chi connectivity index (χ0n) is 12.4. The summed E-state index contributed by atoms with van der Waals surface area (Å²) in [6, 6.07) is 1.75. The Hall–Kier alpha value is -1.49. The second-order valence-corrected chi connectivity index (χ2v) is 5.78. The van der Waals surface area contributed by atoms with Crippen LogP contribution in [0.1, 0.15) is 43.1 Å². The van der Waals surface area contributed by atoms with Gasteiger partial charge in [0.05, 0.1) is 5.69 Å². The van der Waals surface area contributed by atoms with Crippen molar-refractivity contribution < 1.29 is 9.53 Å². The fourth-order valence-electron chi connectivity index (χ4n) is 2.52. The van der Waals surface area contributed by atoms with Crippen LogP contribution in [0.4, 0.5) is 5.69 Å². The van der Waals surface area contributed by atoms with Gasteiger partial charge in [0, 0.05) is 33.0 Å². The van der Waals surface area contributed by atoms with Crippen LogP contribution in [0.25, 0.3) is 0 Å². The van der Waals surface area contributed by atoms with Crippen LogP contribution in [0.2, 0.25) is 0 Å². The number of ether oxygens (including phenoxy) is 1. The van der Waals surface area contributed by atoms with Gasteiger partial charge in [0.2, 0.25) is 0 Å². The highest BCUT2D eigenvalue weighted by molar-refractivity contribution is 5.93. The fraction of sp³-hybridized carbons (Fsp3) is 0.667. The minimum atomic E-state index is -0.0289. The molecule has 1 amide bonds. The number of carbonyl (C=O) groups is 1. The van der Waals surface area contributed by atoms with E-state index in [1.54, 1.807) is 13.2 Å². The standard InChI is InChI=1S/C15H25N3O2/c1-3-7-18-10-12(16)9-13(18)14(19)17-11-15(4-5-15)6-8-20-2/h9-10H,3-8,11,16H2,1-2H3,(H,17,19). The number of rotatable bonds is 8. The maximum absolute atomic E-state index is 12.3. The maximum atomic E-state index is 12.3. The molecule has 1 fully saturated rings. The fourth-order valence-corrected chi connectivity index (χ4v) is 2.52. The summed E-state index contributed by atoms with van der Waals surface area (Å²) in [4.78, 5) is 12.3. The van der Waals surface area contributed by atoms with Gasteiger partial charge in [0.1, 0.15) is 5.69 Å². The van der Waals surface area contributed by atoms with Crippen molar-refractivity contribution in [3.63, 3.8) is 0 Å². The van der Waals surface area contributed by atoms with Crippen LogP contribution in [0.3, 0.4) is 0 Å². The van der Waals surface area contributed by atoms with Gasteiger partial charge in [-0.3, -0.25) is 4.79 Å². The van der Waals surface area contributed by atoms with E-state index in [0.29, 0.717) is 11.4 Å². The lowest BCUT2D eigenvalue weighted by molar-refractivity contribution is 0.0928. The number of amides is 1. The molecule has 0 aromatic carbocycles. The van der Waals surface area contributed by atoms with Crippen molar-refractivity contribution in [2.75, 3.05) is 26.0 Å². The maximum Gasteiger partial charge on any atom is 0.268 e. The predicted octanol–water partition coefficient (Wildman–Crippen LogP) is 2.03. The van der Waals surface area contributed by atoms with Crippen molar-refractivity contribution >= 4 is 11.6 Å². The van der Waals surface area contributed by atoms with E-state index in [9.17, 15) is 4.79 Å². The van der Waals surface area contributed by atoms with Crippen molar-refractivity contribution in [1.29, 1.82) is 0 Å². The zero-order valence-corrected chi connectivity index (χ0v) is 12.4. The Balaban J connectivity index is 1.92. The summed E-state index contributed by atoms with van der Waals surface area (Å²) in [6.07, 6.45) is 6.17. The monoisotopic (exact) mass is 279 g/mol. The Labute approximate surface area is 120 Å². The van der Waals surface area contributed by atoms with E-state index in [-0.39, 0.29) is 11.3 Å². The number of aromatic nitrogens is 1. The molecule has 0 bridgehead atoms. The van der Waals surface area contributed by atoms with Gasteiger partial charge >= 0.3 is 0 Å². The van der Waals surface area contributed by atoms with Gasteiger partial charge in [-0.15, -0.1) is 0 Å². The van der Waals surface area contributed by atoms with Crippen molar-refractivity contribution in [3.8, 4) is 0 Å². The lowest BCUT2D eigenvalue weighted by Gasteiger charge is -2.16. The van der Waals surface area contributed by atoms with Gasteiger partial charge in [-0.05, 0) is 37.2 Å². The molecule has 1 aliphatic carbocycles. The largest absolute Gasteiger partial charge is 0.397 e. The third-order valence-corrected chi connectivity index (χ3v) is 4.03. The van der Waals surface area contributed by atoms with Crippen molar-refractivity contribution in [2.24, 2.45) is 5.41 Å². The van der Waals surface area contributed by atoms with Crippen LogP contribution in [-0.2, 0) is 11.3 Å². The average Bonchev–Trinajstić information content (AvgIpc) is 3.11. The summed E-state index contributed by atoms with van der Waals surface area (Å²) >= 11 is 0. The Morgan fingerprint density at radius 3 is 2.90 bits per heavy atom. The SMILES string of the molecule is CCCn1cc(N)cc1C(=O)NCC1(CCOC)CC1. The molecule has 0 atom stereocenters. The van der Waals surface area contributed by atoms with Gasteiger partial charge in [0.25, 0.3) is 5.91 Å². The number of anilines is 1. The number of nitrogens with two attached hydrogens (primary N) is 1. The Morgan fingerprint density at radius 2 is 2.30 bits per heavy atom. The first-order valence-corrected chi connectivity index (χ1v) is 7.33. The van der Waals surface area contributed by atoms with Crippen LogP contribution in [-0.4, -0.2) is 30.7 Å². The molecule has 1 aromatic heterocycles. The quantitative estimate of drug-likeness (QED) is 0.765. The molecule has 0 spiro atoms. The molecule has 0 aliphatic heterocycles. The molecule has 1 aliphatic rings. The summed E-state index contributed by atoms with van der Waals surface area (Å²) in [7, 11) is 1.72. The van der Waals surface area contributed by atoms with E-state index in [2.05, 4.69) is 12.2 Å². The number of hydrogen-bond donors (Lipinski definition) is 2. The van der Waals surface area contributed by atoms with E-state index in [4.69, 9.17) is 10.5 Å². The second-order valence-electron chi connectivity index (χ2n) is 5.78. The third kappa shape index (κ3) is 3.54. The van der Waals surface area contributed by atoms with Crippen molar-refractivity contribution in [1.82, 2.24) is 9.88 Å². The van der Waals surface area contributed by atoms with E-state index in [0.717, 1.165) is 32.5 Å². The number of nitrogens with one attached hydrogen (secondary N) is 1. The molecule has 2 rings (SSSR count). The highest BCUT2D eigenvalue weighted by atomic mass is 16.5. The number of nitrogens with zero attached hydrogens (tertiary/aromatic N) is 1. The van der Waals surface area contributed by atoms with Crippen LogP contribution in [0.5, 0.6) is 0 Å². The Bertz CT molecular complexity index is 464. The molecule has 1 aromatic rings. The highest BCUT2D eigenvalue weighted by Crippen LogP contribution is 2.48. The van der Waals surface area contributed by atoms with Crippen molar-refractivity contribution in [2.45, 2.75) is 39.2 Å². The van der Waals surface area contributed by atoms with Crippen molar-refractivity contribution in [3.05, 3.63) is 18.0 Å². The van der Waals surface area contributed by atoms with Gasteiger partial charge in [-0.2, -0.15) is 0 Å². The average molecular weight is 279 g/mol. The Morgan fingerprint density at radius 1 is 1.55 bits per heavy atom. The normalized spacial score (nSPS) is 16.1. The molecule has 5 nitrogen and oxygen atoms in total. The summed E-state index contributed by atoms with van der Waals surface area (Å²) in [5.41, 5.74) is 7.36. The smallest absolute Gasteiger partial charge is 0.268 e. The zero-order chi connectivity index (χ0) is 14.6. The molecular weight excluding hydrogens is 254 g/mol. The lowest BCUT2D eigenvalue weighted by Crippen LogP contribution is -2.32. The first kappa shape index (κ1) is 14.9. The number of hydrogen-bond acceptors (Lipinski definition) is 3. The molecule has 5 heteroatoms. The second kappa shape index (κ2) is 6.31. The molecule has 0 saturated heterocycles. The van der Waals surface area contributed by atoms with Gasteiger partial charge in [0.15, 0.2) is 0 Å². The van der Waals surface area contributed by atoms with Crippen LogP contribution in [0, 0.1) is 5.41 Å². The van der Waals surface area contributed by atoms with E-state index in [1.807, 2.05) is 10.8 Å². The molecule has 0 radical (unpaired) electrons. The van der Waals surface area contributed by atoms with Crippen LogP contribution < -0.4 is 11.1 Å². The first-order chi connectivity index (χ1) is 9.60. The first-order valence-electron chi connectivity index (χ1n) is 7.33. The minimum absolute atomic E-state index is 0.0289. The molecule has 3 N–H and O–H groups in total. The summed E-state index contributed by atoms with van der Waals surface area (Å²) in [5.74, 6) is -0.0289. The predicted molar refractivity (Wildman–Crippen MR) is 79.6 cm³/mol. The van der Waals surface area contributed by atoms with Gasteiger partial charge in [-0.1, -0.05) is 6.92 Å². The molecule has 112 valence electrons. The van der Waals surface area contributed by atoms with E-state index < -0.39 is 0 Å². The van der Waals surface area contributed by atoms with Crippen LogP contribution >= 0.6 is 0 Å². The molecule has 1 heterocycles. The summed E-state index contributed by atoms with van der Waals surface area (Å²) in [5, 5.41) is 3.05. The Kier molecular flexibility index (Phi) is 4.70. The summed E-state index contributed by atoms with van der Waals surface area (Å²) in [6.45, 7) is 4.39. The molecule has 20 heavy (non-hydrogen) atoms. The topological polar surface area (TPSA) is 69.3 Å². The highest BCUT2D eigenvalue weighted by Gasteiger charge is 2.42. The van der Waals surface area contributed by atoms with Gasteiger partial charge < -0.3 is 20.4 Å². The molecular formula is C15H25N3O2. The molecule has 1 saturated carbocycles. The van der Waals surface area contributed by atoms with E-state index in [1.165, 1.54) is 12.8 Å². The number of methoxy groups -OCH3 is 1. The minimum Gasteiger partial charge on any atom is -0.397 e. The van der Waals surface area contributed by atoms with Gasteiger partial charge in [-0.25, -0.2) is 0 Å². The van der Waals surface area contributed by atoms with Crippen LogP contribution in [0.15, 0.2) is 12.3 Å². The third-order valence-electron chi connectivity index (χ3n) is 4.03. The number of carbonyl (C=O) groups excluding carboxylic acids is 1. The number of aryl methyl sites for hydroxylation is 1. The molecule has 0 unspecified atom stereocenters.